The van der Waals surface area contributed by atoms with E-state index in [9.17, 15) is 0 Å². The van der Waals surface area contributed by atoms with Crippen molar-refractivity contribution < 1.29 is 4.74 Å². The summed E-state index contributed by atoms with van der Waals surface area (Å²) in [4.78, 5) is 0. The molecule has 0 bridgehead atoms. The molecule has 0 amide bonds. The van der Waals surface area contributed by atoms with Crippen molar-refractivity contribution >= 4 is 15.9 Å². The summed E-state index contributed by atoms with van der Waals surface area (Å²) in [6.45, 7) is 2.91. The van der Waals surface area contributed by atoms with Crippen LogP contribution in [0.2, 0.25) is 0 Å². The van der Waals surface area contributed by atoms with Crippen LogP contribution >= 0.6 is 15.9 Å². The Hall–Kier alpha value is -1.32. The lowest BCUT2D eigenvalue weighted by molar-refractivity contribution is 0.259. The number of aryl methyl sites for hydroxylation is 1. The van der Waals surface area contributed by atoms with E-state index in [1.54, 1.807) is 0 Å². The van der Waals surface area contributed by atoms with Crippen LogP contribution in [0.5, 0.6) is 5.75 Å². The molecule has 1 aliphatic rings. The van der Waals surface area contributed by atoms with Crippen molar-refractivity contribution in [2.75, 3.05) is 6.61 Å². The van der Waals surface area contributed by atoms with E-state index in [-0.39, 0.29) is 6.04 Å². The van der Waals surface area contributed by atoms with E-state index in [1.807, 2.05) is 6.07 Å². The van der Waals surface area contributed by atoms with Gasteiger partial charge in [-0.15, -0.1) is 0 Å². The predicted octanol–water partition coefficient (Wildman–Crippen LogP) is 4.71. The molecular formula is C18H20BrNO. The number of benzene rings is 2. The van der Waals surface area contributed by atoms with E-state index in [4.69, 9.17) is 10.5 Å². The molecule has 2 nitrogen and oxygen atoms in total. The van der Waals surface area contributed by atoms with E-state index in [1.165, 1.54) is 16.7 Å². The zero-order chi connectivity index (χ0) is 14.8. The Kier molecular flexibility index (Phi) is 4.32. The highest BCUT2D eigenvalue weighted by atomic mass is 79.9. The van der Waals surface area contributed by atoms with E-state index >= 15 is 0 Å². The van der Waals surface area contributed by atoms with Crippen LogP contribution in [0.3, 0.4) is 0 Å². The van der Waals surface area contributed by atoms with Gasteiger partial charge in [0.2, 0.25) is 0 Å². The standard InChI is InChI=1S/C18H20BrNO/c1-12-10-14(19)6-7-15(12)17(20)11-13-8-9-21-18-5-3-2-4-16(13)18/h2-7,10,13,17H,8-9,11,20H2,1H3. The summed E-state index contributed by atoms with van der Waals surface area (Å²) in [5.41, 5.74) is 10.3. The molecule has 0 radical (unpaired) electrons. The topological polar surface area (TPSA) is 35.2 Å². The highest BCUT2D eigenvalue weighted by Gasteiger charge is 2.24. The number of ether oxygens (including phenoxy) is 1. The van der Waals surface area contributed by atoms with Crippen molar-refractivity contribution in [3.05, 3.63) is 63.6 Å². The molecule has 0 saturated heterocycles. The molecule has 0 spiro atoms. The summed E-state index contributed by atoms with van der Waals surface area (Å²) in [7, 11) is 0. The summed E-state index contributed by atoms with van der Waals surface area (Å²) in [6, 6.07) is 14.7. The fraction of sp³-hybridized carbons (Fsp3) is 0.333. The van der Waals surface area contributed by atoms with Gasteiger partial charge < -0.3 is 10.5 Å². The first kappa shape index (κ1) is 14.6. The number of halogens is 1. The van der Waals surface area contributed by atoms with Crippen LogP contribution in [0.1, 0.15) is 41.5 Å². The highest BCUT2D eigenvalue weighted by molar-refractivity contribution is 9.10. The molecule has 2 N–H and O–H groups in total. The van der Waals surface area contributed by atoms with Crippen LogP contribution in [-0.2, 0) is 0 Å². The quantitative estimate of drug-likeness (QED) is 0.873. The number of hydrogen-bond acceptors (Lipinski definition) is 2. The van der Waals surface area contributed by atoms with E-state index in [0.717, 1.165) is 29.7 Å². The second-order valence-electron chi connectivity index (χ2n) is 5.71. The Morgan fingerprint density at radius 2 is 2.10 bits per heavy atom. The first-order valence-corrected chi connectivity index (χ1v) is 8.18. The molecule has 110 valence electrons. The van der Waals surface area contributed by atoms with E-state index < -0.39 is 0 Å². The van der Waals surface area contributed by atoms with Gasteiger partial charge in [0.15, 0.2) is 0 Å². The summed E-state index contributed by atoms with van der Waals surface area (Å²) in [5, 5.41) is 0. The maximum absolute atomic E-state index is 6.48. The van der Waals surface area contributed by atoms with Crippen LogP contribution < -0.4 is 10.5 Å². The monoisotopic (exact) mass is 345 g/mol. The molecule has 0 aliphatic carbocycles. The van der Waals surface area contributed by atoms with E-state index in [0.29, 0.717) is 5.92 Å². The Morgan fingerprint density at radius 3 is 2.90 bits per heavy atom. The lowest BCUT2D eigenvalue weighted by Gasteiger charge is -2.28. The van der Waals surface area contributed by atoms with Crippen LogP contribution in [0.15, 0.2) is 46.9 Å². The Bertz CT molecular complexity index is 641. The zero-order valence-corrected chi connectivity index (χ0v) is 13.8. The smallest absolute Gasteiger partial charge is 0.122 e. The van der Waals surface area contributed by atoms with Gasteiger partial charge in [-0.2, -0.15) is 0 Å². The average molecular weight is 346 g/mol. The lowest BCUT2D eigenvalue weighted by atomic mass is 9.85. The summed E-state index contributed by atoms with van der Waals surface area (Å²) >= 11 is 3.51. The first-order chi connectivity index (χ1) is 10.1. The number of fused-ring (bicyclic) bond motifs is 1. The minimum atomic E-state index is 0.0641. The summed E-state index contributed by atoms with van der Waals surface area (Å²) < 4.78 is 6.84. The van der Waals surface area contributed by atoms with Crippen LogP contribution in [-0.4, -0.2) is 6.61 Å². The van der Waals surface area contributed by atoms with Gasteiger partial charge in [-0.3, -0.25) is 0 Å². The molecule has 3 rings (SSSR count). The SMILES string of the molecule is Cc1cc(Br)ccc1C(N)CC1CCOc2ccccc21. The molecule has 1 aliphatic heterocycles. The van der Waals surface area contributed by atoms with Crippen LogP contribution in [0, 0.1) is 6.92 Å². The third kappa shape index (κ3) is 3.14. The first-order valence-electron chi connectivity index (χ1n) is 7.38. The third-order valence-corrected chi connectivity index (χ3v) is 4.75. The molecule has 2 aromatic rings. The van der Waals surface area contributed by atoms with Crippen LogP contribution in [0.4, 0.5) is 0 Å². The molecule has 1 heterocycles. The number of rotatable bonds is 3. The largest absolute Gasteiger partial charge is 0.493 e. The van der Waals surface area contributed by atoms with Gasteiger partial charge in [0.05, 0.1) is 6.61 Å². The van der Waals surface area contributed by atoms with Gasteiger partial charge in [-0.05, 0) is 60.6 Å². The summed E-state index contributed by atoms with van der Waals surface area (Å²) in [5.74, 6) is 1.50. The van der Waals surface area contributed by atoms with E-state index in [2.05, 4.69) is 59.3 Å². The average Bonchev–Trinajstić information content (AvgIpc) is 2.47. The highest BCUT2D eigenvalue weighted by Crippen LogP contribution is 2.38. The fourth-order valence-corrected chi connectivity index (χ4v) is 3.62. The summed E-state index contributed by atoms with van der Waals surface area (Å²) in [6.07, 6.45) is 2.00. The zero-order valence-electron chi connectivity index (χ0n) is 12.2. The lowest BCUT2D eigenvalue weighted by Crippen LogP contribution is -2.20. The van der Waals surface area contributed by atoms with Crippen molar-refractivity contribution in [1.29, 1.82) is 0 Å². The molecule has 2 unspecified atom stereocenters. The number of nitrogens with two attached hydrogens (primary N) is 1. The van der Waals surface area contributed by atoms with Crippen molar-refractivity contribution in [3.8, 4) is 5.75 Å². The second-order valence-corrected chi connectivity index (χ2v) is 6.63. The molecule has 0 aromatic heterocycles. The maximum atomic E-state index is 6.48. The van der Waals surface area contributed by atoms with Crippen molar-refractivity contribution in [2.24, 2.45) is 5.73 Å². The molecule has 21 heavy (non-hydrogen) atoms. The van der Waals surface area contributed by atoms with Gasteiger partial charge in [0.25, 0.3) is 0 Å². The second kappa shape index (κ2) is 6.20. The Balaban J connectivity index is 1.81. The minimum absolute atomic E-state index is 0.0641. The molecule has 3 heteroatoms. The van der Waals surface area contributed by atoms with Gasteiger partial charge in [-0.25, -0.2) is 0 Å². The van der Waals surface area contributed by atoms with Crippen molar-refractivity contribution in [2.45, 2.75) is 31.7 Å². The minimum Gasteiger partial charge on any atom is -0.493 e. The third-order valence-electron chi connectivity index (χ3n) is 4.25. The molecule has 2 atom stereocenters. The molecule has 2 aromatic carbocycles. The number of hydrogen-bond donors (Lipinski definition) is 1. The van der Waals surface area contributed by atoms with Gasteiger partial charge in [-0.1, -0.05) is 40.2 Å². The van der Waals surface area contributed by atoms with Crippen molar-refractivity contribution in [1.82, 2.24) is 0 Å². The van der Waals surface area contributed by atoms with Gasteiger partial charge in [0, 0.05) is 10.5 Å². The molecule has 0 fully saturated rings. The normalized spacial score (nSPS) is 18.7. The maximum Gasteiger partial charge on any atom is 0.122 e. The molecule has 0 saturated carbocycles. The van der Waals surface area contributed by atoms with Crippen molar-refractivity contribution in [3.63, 3.8) is 0 Å². The van der Waals surface area contributed by atoms with Gasteiger partial charge in [0.1, 0.15) is 5.75 Å². The number of para-hydroxylation sites is 1. The van der Waals surface area contributed by atoms with Crippen LogP contribution in [0.25, 0.3) is 0 Å². The Labute approximate surface area is 134 Å². The van der Waals surface area contributed by atoms with Gasteiger partial charge >= 0.3 is 0 Å². The molecular weight excluding hydrogens is 326 g/mol. The Morgan fingerprint density at radius 1 is 1.29 bits per heavy atom. The fourth-order valence-electron chi connectivity index (χ4n) is 3.15. The predicted molar refractivity (Wildman–Crippen MR) is 89.7 cm³/mol.